The van der Waals surface area contributed by atoms with Crippen LogP contribution in [0.4, 0.5) is 0 Å². The Bertz CT molecular complexity index is 1040. The van der Waals surface area contributed by atoms with Gasteiger partial charge in [0.25, 0.3) is 5.56 Å². The molecule has 0 saturated heterocycles. The molecule has 0 aliphatic carbocycles. The Morgan fingerprint density at radius 3 is 2.48 bits per heavy atom. The van der Waals surface area contributed by atoms with Crippen molar-refractivity contribution in [3.8, 4) is 11.5 Å². The van der Waals surface area contributed by atoms with Crippen LogP contribution in [-0.2, 0) is 11.3 Å². The van der Waals surface area contributed by atoms with Crippen molar-refractivity contribution in [1.29, 1.82) is 0 Å². The summed E-state index contributed by atoms with van der Waals surface area (Å²) >= 11 is 7.59. The molecule has 0 fully saturated rings. The van der Waals surface area contributed by atoms with E-state index in [0.717, 1.165) is 21.2 Å². The Hall–Kier alpha value is -2.61. The second kappa shape index (κ2) is 11.7. The van der Waals surface area contributed by atoms with E-state index in [1.54, 1.807) is 36.9 Å². The van der Waals surface area contributed by atoms with Gasteiger partial charge in [0.2, 0.25) is 0 Å². The van der Waals surface area contributed by atoms with Gasteiger partial charge in [-0.1, -0.05) is 17.7 Å². The quantitative estimate of drug-likeness (QED) is 0.251. The van der Waals surface area contributed by atoms with Crippen molar-refractivity contribution >= 4 is 23.4 Å². The lowest BCUT2D eigenvalue weighted by Crippen LogP contribution is -2.21. The highest BCUT2D eigenvalue weighted by atomic mass is 35.5. The van der Waals surface area contributed by atoms with Crippen LogP contribution in [0.15, 0.2) is 70.4 Å². The molecular weight excluding hydrogens is 438 g/mol. The van der Waals surface area contributed by atoms with E-state index in [9.17, 15) is 10.0 Å². The van der Waals surface area contributed by atoms with Crippen LogP contribution in [0.3, 0.4) is 0 Å². The molecule has 6 nitrogen and oxygen atoms in total. The van der Waals surface area contributed by atoms with Crippen molar-refractivity contribution in [3.05, 3.63) is 87.3 Å². The van der Waals surface area contributed by atoms with E-state index in [-0.39, 0.29) is 6.61 Å². The van der Waals surface area contributed by atoms with E-state index in [4.69, 9.17) is 25.8 Å². The average Bonchev–Trinajstić information content (AvgIpc) is 2.76. The number of pyridine rings is 1. The first-order valence-electron chi connectivity index (χ1n) is 9.75. The number of ether oxygens (including phenoxy) is 3. The van der Waals surface area contributed by atoms with Gasteiger partial charge in [0.05, 0.1) is 18.9 Å². The topological polar surface area (TPSA) is 69.9 Å². The summed E-state index contributed by atoms with van der Waals surface area (Å²) < 4.78 is 17.6. The fraction of sp³-hybridized carbons (Fsp3) is 0.261. The number of rotatable bonds is 11. The van der Waals surface area contributed by atoms with Gasteiger partial charge in [0.15, 0.2) is 0 Å². The van der Waals surface area contributed by atoms with Gasteiger partial charge < -0.3 is 19.4 Å². The summed E-state index contributed by atoms with van der Waals surface area (Å²) in [6.45, 7) is 3.37. The summed E-state index contributed by atoms with van der Waals surface area (Å²) in [6.07, 6.45) is 0. The second-order valence-corrected chi connectivity index (χ2v) is 8.31. The number of aryl methyl sites for hydroxylation is 1. The lowest BCUT2D eigenvalue weighted by atomic mass is 10.2. The number of hydrogen-bond acceptors (Lipinski definition) is 6. The van der Waals surface area contributed by atoms with Crippen LogP contribution < -0.4 is 15.0 Å². The molecule has 3 rings (SSSR count). The molecule has 8 heteroatoms. The zero-order chi connectivity index (χ0) is 22.1. The van der Waals surface area contributed by atoms with Gasteiger partial charge in [-0.25, -0.2) is 0 Å². The first kappa shape index (κ1) is 23.1. The third-order valence-electron chi connectivity index (χ3n) is 4.22. The molecule has 0 atom stereocenters. The van der Waals surface area contributed by atoms with E-state index in [1.807, 2.05) is 36.4 Å². The zero-order valence-corrected chi connectivity index (χ0v) is 18.7. The molecule has 1 aromatic heterocycles. The number of thioether (sulfide) groups is 1. The van der Waals surface area contributed by atoms with Crippen molar-refractivity contribution in [2.24, 2.45) is 0 Å². The molecule has 3 aromatic rings. The minimum Gasteiger partial charge on any atom is -0.491 e. The van der Waals surface area contributed by atoms with Crippen LogP contribution >= 0.6 is 23.4 Å². The molecule has 0 spiro atoms. The van der Waals surface area contributed by atoms with E-state index in [1.165, 1.54) is 6.07 Å². The monoisotopic (exact) mass is 461 g/mol. The van der Waals surface area contributed by atoms with Crippen molar-refractivity contribution in [2.45, 2.75) is 18.4 Å². The highest BCUT2D eigenvalue weighted by molar-refractivity contribution is 7.99. The van der Waals surface area contributed by atoms with Crippen molar-refractivity contribution in [3.63, 3.8) is 0 Å². The normalized spacial score (nSPS) is 10.8. The molecular formula is C23H24ClNO5S. The van der Waals surface area contributed by atoms with Gasteiger partial charge in [-0.3, -0.25) is 4.79 Å². The number of aromatic nitrogens is 1. The molecule has 0 saturated carbocycles. The molecule has 0 aliphatic heterocycles. The standard InChI is InChI=1S/C23H24ClNO5S/c1-17-13-19(25(27)23(26)14-17)16-30-21-4-2-3-20(15-21)29-10-9-28-11-12-31-22-7-5-18(24)6-8-22/h2-8,13-15,27H,9-12,16H2,1H3. The van der Waals surface area contributed by atoms with Gasteiger partial charge in [0, 0.05) is 27.8 Å². The number of nitrogens with zero attached hydrogens (tertiary/aromatic N) is 1. The summed E-state index contributed by atoms with van der Waals surface area (Å²) in [7, 11) is 0. The summed E-state index contributed by atoms with van der Waals surface area (Å²) in [5.74, 6) is 2.08. The smallest absolute Gasteiger partial charge is 0.283 e. The molecule has 0 unspecified atom stereocenters. The van der Waals surface area contributed by atoms with Gasteiger partial charge in [-0.05, 0) is 55.0 Å². The Morgan fingerprint density at radius 2 is 1.71 bits per heavy atom. The molecule has 1 N–H and O–H groups in total. The van der Waals surface area contributed by atoms with Gasteiger partial charge in [0.1, 0.15) is 24.7 Å². The first-order valence-corrected chi connectivity index (χ1v) is 11.1. The third kappa shape index (κ3) is 7.54. The summed E-state index contributed by atoms with van der Waals surface area (Å²) in [4.78, 5) is 12.8. The van der Waals surface area contributed by atoms with Crippen LogP contribution in [0.25, 0.3) is 0 Å². The van der Waals surface area contributed by atoms with Crippen molar-refractivity contribution < 1.29 is 19.4 Å². The van der Waals surface area contributed by atoms with Crippen LogP contribution in [-0.4, -0.2) is 35.5 Å². The predicted octanol–water partition coefficient (Wildman–Crippen LogP) is 4.81. The Morgan fingerprint density at radius 1 is 0.968 bits per heavy atom. The Kier molecular flexibility index (Phi) is 8.70. The SMILES string of the molecule is Cc1cc(COc2cccc(OCCOCCSc3ccc(Cl)cc3)c2)n(O)c(=O)c1. The Labute approximate surface area is 190 Å². The van der Waals surface area contributed by atoms with Crippen molar-refractivity contribution in [2.75, 3.05) is 25.6 Å². The van der Waals surface area contributed by atoms with Crippen LogP contribution in [0.2, 0.25) is 5.02 Å². The van der Waals surface area contributed by atoms with Crippen LogP contribution in [0.5, 0.6) is 11.5 Å². The summed E-state index contributed by atoms with van der Waals surface area (Å²) in [5, 5.41) is 10.5. The lowest BCUT2D eigenvalue weighted by Gasteiger charge is -2.11. The highest BCUT2D eigenvalue weighted by Gasteiger charge is 2.06. The minimum atomic E-state index is -0.484. The summed E-state index contributed by atoms with van der Waals surface area (Å²) in [6, 6.07) is 18.0. The molecule has 2 aromatic carbocycles. The van der Waals surface area contributed by atoms with E-state index >= 15 is 0 Å². The lowest BCUT2D eigenvalue weighted by molar-refractivity contribution is 0.112. The first-order chi connectivity index (χ1) is 15.0. The van der Waals surface area contributed by atoms with E-state index in [2.05, 4.69) is 0 Å². The molecule has 0 amide bonds. The molecule has 31 heavy (non-hydrogen) atoms. The zero-order valence-electron chi connectivity index (χ0n) is 17.1. The van der Waals surface area contributed by atoms with Crippen LogP contribution in [0.1, 0.15) is 11.3 Å². The molecule has 0 bridgehead atoms. The van der Waals surface area contributed by atoms with Gasteiger partial charge >= 0.3 is 0 Å². The molecule has 0 radical (unpaired) electrons. The number of halogens is 1. The minimum absolute atomic E-state index is 0.0608. The largest absolute Gasteiger partial charge is 0.491 e. The number of benzene rings is 2. The molecule has 1 heterocycles. The summed E-state index contributed by atoms with van der Waals surface area (Å²) in [5.41, 5.74) is 0.654. The highest BCUT2D eigenvalue weighted by Crippen LogP contribution is 2.21. The maximum absolute atomic E-state index is 11.6. The maximum Gasteiger partial charge on any atom is 0.283 e. The van der Waals surface area contributed by atoms with Crippen molar-refractivity contribution in [1.82, 2.24) is 4.73 Å². The van der Waals surface area contributed by atoms with E-state index < -0.39 is 5.56 Å². The van der Waals surface area contributed by atoms with Gasteiger partial charge in [-0.2, -0.15) is 0 Å². The average molecular weight is 462 g/mol. The second-order valence-electron chi connectivity index (χ2n) is 6.70. The van der Waals surface area contributed by atoms with E-state index in [0.29, 0.717) is 41.7 Å². The Balaban J connectivity index is 1.36. The van der Waals surface area contributed by atoms with Gasteiger partial charge in [-0.15, -0.1) is 16.5 Å². The fourth-order valence-corrected chi connectivity index (χ4v) is 3.64. The predicted molar refractivity (Wildman–Crippen MR) is 122 cm³/mol. The maximum atomic E-state index is 11.6. The van der Waals surface area contributed by atoms with Crippen LogP contribution in [0, 0.1) is 6.92 Å². The molecule has 164 valence electrons. The third-order valence-corrected chi connectivity index (χ3v) is 5.45. The number of hydrogen-bond donors (Lipinski definition) is 1. The molecule has 0 aliphatic rings. The fourth-order valence-electron chi connectivity index (χ4n) is 2.75.